The van der Waals surface area contributed by atoms with E-state index in [1.165, 1.54) is 0 Å². The standard InChI is InChI=1S/C9H12O2/c1-6-2-3-7-4-9(10)11-5-8(6)7/h2-3,6-8H,4-5H2,1H3/t6-,7+,8+/m0/s1. The Morgan fingerprint density at radius 3 is 3.18 bits per heavy atom. The van der Waals surface area contributed by atoms with Crippen LogP contribution in [0.1, 0.15) is 13.3 Å². The Hall–Kier alpha value is -0.790. The summed E-state index contributed by atoms with van der Waals surface area (Å²) in [4.78, 5) is 10.9. The normalized spacial score (nSPS) is 41.9. The van der Waals surface area contributed by atoms with Gasteiger partial charge in [0.05, 0.1) is 13.0 Å². The highest BCUT2D eigenvalue weighted by atomic mass is 16.5. The summed E-state index contributed by atoms with van der Waals surface area (Å²) < 4.78 is 4.98. The second kappa shape index (κ2) is 2.36. The van der Waals surface area contributed by atoms with Gasteiger partial charge in [0.25, 0.3) is 0 Å². The van der Waals surface area contributed by atoms with E-state index in [1.807, 2.05) is 0 Å². The number of fused-ring (bicyclic) bond motifs is 1. The topological polar surface area (TPSA) is 26.3 Å². The van der Waals surface area contributed by atoms with E-state index in [9.17, 15) is 4.79 Å². The number of carbonyl (C=O) groups is 1. The van der Waals surface area contributed by atoms with Crippen molar-refractivity contribution in [3.63, 3.8) is 0 Å². The number of cyclic esters (lactones) is 1. The molecule has 2 heteroatoms. The van der Waals surface area contributed by atoms with Crippen molar-refractivity contribution in [1.82, 2.24) is 0 Å². The van der Waals surface area contributed by atoms with E-state index in [4.69, 9.17) is 4.74 Å². The first-order chi connectivity index (χ1) is 5.27. The number of carbonyl (C=O) groups excluding carboxylic acids is 1. The fourth-order valence-corrected chi connectivity index (χ4v) is 1.93. The highest BCUT2D eigenvalue weighted by Crippen LogP contribution is 2.35. The van der Waals surface area contributed by atoms with Crippen LogP contribution in [0.3, 0.4) is 0 Å². The molecule has 1 saturated heterocycles. The number of esters is 1. The Balaban J connectivity index is 2.11. The van der Waals surface area contributed by atoms with Gasteiger partial charge in [-0.15, -0.1) is 0 Å². The van der Waals surface area contributed by atoms with Gasteiger partial charge in [-0.05, 0) is 11.8 Å². The van der Waals surface area contributed by atoms with E-state index >= 15 is 0 Å². The van der Waals surface area contributed by atoms with E-state index in [0.717, 1.165) is 0 Å². The number of hydrogen-bond donors (Lipinski definition) is 0. The van der Waals surface area contributed by atoms with Crippen LogP contribution in [-0.4, -0.2) is 12.6 Å². The third kappa shape index (κ3) is 1.06. The first-order valence-electron chi connectivity index (χ1n) is 4.11. The summed E-state index contributed by atoms with van der Waals surface area (Å²) in [6, 6.07) is 0. The molecule has 1 aliphatic heterocycles. The fraction of sp³-hybridized carbons (Fsp3) is 0.667. The second-order valence-corrected chi connectivity index (χ2v) is 3.46. The Kier molecular flexibility index (Phi) is 1.48. The van der Waals surface area contributed by atoms with Crippen molar-refractivity contribution in [3.8, 4) is 0 Å². The number of allylic oxidation sites excluding steroid dienone is 2. The average molecular weight is 152 g/mol. The Labute approximate surface area is 66.2 Å². The van der Waals surface area contributed by atoms with Crippen molar-refractivity contribution in [3.05, 3.63) is 12.2 Å². The molecule has 1 aliphatic carbocycles. The molecule has 3 atom stereocenters. The molecule has 0 unspecified atom stereocenters. The van der Waals surface area contributed by atoms with Gasteiger partial charge in [0.2, 0.25) is 0 Å². The maximum atomic E-state index is 10.9. The summed E-state index contributed by atoms with van der Waals surface area (Å²) in [5.74, 6) is 1.58. The van der Waals surface area contributed by atoms with Gasteiger partial charge in [-0.25, -0.2) is 0 Å². The van der Waals surface area contributed by atoms with Crippen molar-refractivity contribution >= 4 is 5.97 Å². The van der Waals surface area contributed by atoms with E-state index in [1.54, 1.807) is 0 Å². The lowest BCUT2D eigenvalue weighted by Gasteiger charge is -2.26. The fourth-order valence-electron chi connectivity index (χ4n) is 1.93. The molecule has 2 nitrogen and oxygen atoms in total. The molecule has 60 valence electrons. The lowest BCUT2D eigenvalue weighted by atomic mass is 9.86. The number of hydrogen-bond acceptors (Lipinski definition) is 2. The van der Waals surface area contributed by atoms with Gasteiger partial charge < -0.3 is 4.74 Å². The average Bonchev–Trinajstić information content (AvgIpc) is 2.32. The quantitative estimate of drug-likeness (QED) is 0.387. The van der Waals surface area contributed by atoms with Crippen LogP contribution in [0.15, 0.2) is 12.2 Å². The third-order valence-corrected chi connectivity index (χ3v) is 2.73. The largest absolute Gasteiger partial charge is 0.465 e. The molecule has 1 fully saturated rings. The van der Waals surface area contributed by atoms with Crippen molar-refractivity contribution < 1.29 is 9.53 Å². The molecule has 2 aliphatic rings. The zero-order valence-corrected chi connectivity index (χ0v) is 6.62. The maximum Gasteiger partial charge on any atom is 0.306 e. The van der Waals surface area contributed by atoms with Crippen molar-refractivity contribution in [2.45, 2.75) is 13.3 Å². The molecule has 0 aromatic carbocycles. The van der Waals surface area contributed by atoms with Gasteiger partial charge in [-0.2, -0.15) is 0 Å². The Morgan fingerprint density at radius 1 is 1.55 bits per heavy atom. The van der Waals surface area contributed by atoms with Crippen LogP contribution in [0.2, 0.25) is 0 Å². The summed E-state index contributed by atoms with van der Waals surface area (Å²) in [6.45, 7) is 2.80. The highest BCUT2D eigenvalue weighted by Gasteiger charge is 2.35. The summed E-state index contributed by atoms with van der Waals surface area (Å²) in [7, 11) is 0. The van der Waals surface area contributed by atoms with Crippen molar-refractivity contribution in [2.75, 3.05) is 6.61 Å². The van der Waals surface area contributed by atoms with Gasteiger partial charge in [-0.1, -0.05) is 19.1 Å². The molecule has 0 spiro atoms. The molecule has 0 bridgehead atoms. The number of ether oxygens (including phenoxy) is 1. The van der Waals surface area contributed by atoms with Gasteiger partial charge in [-0.3, -0.25) is 4.79 Å². The molecular weight excluding hydrogens is 140 g/mol. The molecule has 0 N–H and O–H groups in total. The molecular formula is C9H12O2. The van der Waals surface area contributed by atoms with Crippen LogP contribution in [0.25, 0.3) is 0 Å². The van der Waals surface area contributed by atoms with Crippen LogP contribution in [0.4, 0.5) is 0 Å². The van der Waals surface area contributed by atoms with Crippen molar-refractivity contribution in [1.29, 1.82) is 0 Å². The predicted molar refractivity (Wildman–Crippen MR) is 40.9 cm³/mol. The van der Waals surface area contributed by atoms with Gasteiger partial charge in [0.1, 0.15) is 0 Å². The van der Waals surface area contributed by atoms with E-state index in [2.05, 4.69) is 19.1 Å². The van der Waals surface area contributed by atoms with Crippen LogP contribution < -0.4 is 0 Å². The third-order valence-electron chi connectivity index (χ3n) is 2.73. The van der Waals surface area contributed by atoms with Gasteiger partial charge in [0, 0.05) is 5.92 Å². The summed E-state index contributed by atoms with van der Waals surface area (Å²) in [6.07, 6.45) is 4.94. The molecule has 0 radical (unpaired) electrons. The van der Waals surface area contributed by atoms with E-state index < -0.39 is 0 Å². The first kappa shape index (κ1) is 6.89. The van der Waals surface area contributed by atoms with Crippen LogP contribution in [0.5, 0.6) is 0 Å². The molecule has 1 heterocycles. The minimum atomic E-state index is -0.0370. The van der Waals surface area contributed by atoms with E-state index in [-0.39, 0.29) is 5.97 Å². The van der Waals surface area contributed by atoms with E-state index in [0.29, 0.717) is 30.8 Å². The minimum absolute atomic E-state index is 0.0370. The maximum absolute atomic E-state index is 10.9. The second-order valence-electron chi connectivity index (χ2n) is 3.46. The summed E-state index contributed by atoms with van der Waals surface area (Å²) >= 11 is 0. The molecule has 0 aromatic rings. The predicted octanol–water partition coefficient (Wildman–Crippen LogP) is 1.37. The Bertz CT molecular complexity index is 208. The van der Waals surface area contributed by atoms with Gasteiger partial charge in [0.15, 0.2) is 0 Å². The highest BCUT2D eigenvalue weighted by molar-refractivity contribution is 5.71. The van der Waals surface area contributed by atoms with Crippen molar-refractivity contribution in [2.24, 2.45) is 17.8 Å². The lowest BCUT2D eigenvalue weighted by Crippen LogP contribution is -2.30. The summed E-state index contributed by atoms with van der Waals surface area (Å²) in [5, 5.41) is 0. The smallest absolute Gasteiger partial charge is 0.306 e. The SMILES string of the molecule is C[C@H]1C=C[C@@H]2CC(=O)OC[C@@H]21. The first-order valence-corrected chi connectivity index (χ1v) is 4.11. The Morgan fingerprint density at radius 2 is 2.36 bits per heavy atom. The van der Waals surface area contributed by atoms with Crippen LogP contribution in [0, 0.1) is 17.8 Å². The monoisotopic (exact) mass is 152 g/mol. The minimum Gasteiger partial charge on any atom is -0.465 e. The molecule has 11 heavy (non-hydrogen) atoms. The molecule has 0 amide bonds. The zero-order valence-electron chi connectivity index (χ0n) is 6.62. The zero-order chi connectivity index (χ0) is 7.84. The lowest BCUT2D eigenvalue weighted by molar-refractivity contribution is -0.152. The molecule has 0 aromatic heterocycles. The van der Waals surface area contributed by atoms with Crippen LogP contribution in [-0.2, 0) is 9.53 Å². The van der Waals surface area contributed by atoms with Gasteiger partial charge >= 0.3 is 5.97 Å². The number of rotatable bonds is 0. The summed E-state index contributed by atoms with van der Waals surface area (Å²) in [5.41, 5.74) is 0. The van der Waals surface area contributed by atoms with Crippen LogP contribution >= 0.6 is 0 Å². The molecule has 2 rings (SSSR count). The molecule has 0 saturated carbocycles.